The maximum Gasteiger partial charge on any atom is 0.421 e. The van der Waals surface area contributed by atoms with Gasteiger partial charge in [-0.2, -0.15) is 0 Å². The summed E-state index contributed by atoms with van der Waals surface area (Å²) in [6, 6.07) is 21.2. The summed E-state index contributed by atoms with van der Waals surface area (Å²) in [7, 11) is 11.5. The number of aromatic nitrogens is 6. The predicted octanol–water partition coefficient (Wildman–Crippen LogP) is -1.92. The summed E-state index contributed by atoms with van der Waals surface area (Å²) < 4.78 is 11.4. The third-order valence-electron chi connectivity index (χ3n) is 6.87. The zero-order valence-electron chi connectivity index (χ0n) is 28.9. The molecule has 0 fully saturated rings. The largest absolute Gasteiger partial charge is 1.00 e. The van der Waals surface area contributed by atoms with Crippen molar-refractivity contribution in [3.05, 3.63) is 120 Å². The van der Waals surface area contributed by atoms with Crippen LogP contribution in [0.1, 0.15) is 19.4 Å². The lowest BCUT2D eigenvalue weighted by Gasteiger charge is -1.99. The second kappa shape index (κ2) is 19.5. The van der Waals surface area contributed by atoms with Crippen LogP contribution in [0.15, 0.2) is 145 Å². The summed E-state index contributed by atoms with van der Waals surface area (Å²) >= 11 is 0. The molecule has 4 heterocycles. The lowest BCUT2D eigenvalue weighted by molar-refractivity contribution is -0.657. The Labute approximate surface area is 298 Å². The Bertz CT molecular complexity index is 2010. The van der Waals surface area contributed by atoms with Crippen LogP contribution >= 0.6 is 0 Å². The van der Waals surface area contributed by atoms with Gasteiger partial charge in [0.1, 0.15) is 0 Å². The Morgan fingerprint density at radius 3 is 1.49 bits per heavy atom. The minimum atomic E-state index is 0. The Morgan fingerprint density at radius 2 is 1.04 bits per heavy atom. The molecule has 0 aliphatic carbocycles. The number of azo groups is 2. The smallest absolute Gasteiger partial charge is 0.421 e. The number of amidine groups is 2. The normalized spacial score (nSPS) is 12.7. The van der Waals surface area contributed by atoms with Crippen LogP contribution in [0.25, 0.3) is 0 Å². The van der Waals surface area contributed by atoms with Gasteiger partial charge in [0, 0.05) is 48.2 Å². The molecule has 0 bridgehead atoms. The number of halogens is 2. The number of benzene rings is 1. The predicted molar refractivity (Wildman–Crippen MR) is 179 cm³/mol. The maximum atomic E-state index is 4.33. The van der Waals surface area contributed by atoms with Crippen LogP contribution in [-0.4, -0.2) is 29.9 Å². The first kappa shape index (κ1) is 39.8. The number of hydrogen-bond donors (Lipinski definition) is 0. The molecule has 16 heteroatoms. The van der Waals surface area contributed by atoms with Gasteiger partial charge < -0.3 is 33.9 Å². The standard InChI is InChI=1S/C18H20N7.C15H22N7.2ClH/c1-23-12-8-7-11-16(23)19-20-17(15-9-5-4-6-10-15)21-22-18-24(2)13-14-25(18)3;1-12(2)14(17-16-13-8-6-7-9-20(13)3)18-19-15-21(4)10-11-22(15)5;;/h4-14H,1-3H3;6-12H,1-5H3;2*1H/q2*+1;;/p-2. The van der Waals surface area contributed by atoms with E-state index in [0.29, 0.717) is 17.6 Å². The summed E-state index contributed by atoms with van der Waals surface area (Å²) in [5, 5.41) is 34.3. The highest BCUT2D eigenvalue weighted by Crippen LogP contribution is 2.09. The Hall–Kier alpha value is -5.34. The van der Waals surface area contributed by atoms with Crippen molar-refractivity contribution in [2.24, 2.45) is 89.1 Å². The van der Waals surface area contributed by atoms with E-state index < -0.39 is 0 Å². The molecule has 14 nitrogen and oxygen atoms in total. The second-order valence-corrected chi connectivity index (χ2v) is 11.0. The molecule has 0 radical (unpaired) electrons. The van der Waals surface area contributed by atoms with Crippen molar-refractivity contribution in [1.29, 1.82) is 0 Å². The lowest BCUT2D eigenvalue weighted by Crippen LogP contribution is -3.00. The van der Waals surface area contributed by atoms with E-state index in [1.54, 1.807) is 0 Å². The van der Waals surface area contributed by atoms with Gasteiger partial charge in [-0.1, -0.05) is 61.4 Å². The summed E-state index contributed by atoms with van der Waals surface area (Å²) in [5.74, 6) is 2.63. The fourth-order valence-electron chi connectivity index (χ4n) is 4.05. The molecule has 49 heavy (non-hydrogen) atoms. The zero-order chi connectivity index (χ0) is 33.8. The van der Waals surface area contributed by atoms with Gasteiger partial charge in [-0.25, -0.2) is 18.3 Å². The Balaban J connectivity index is 0.000000329. The van der Waals surface area contributed by atoms with Crippen molar-refractivity contribution in [1.82, 2.24) is 18.3 Å². The highest BCUT2D eigenvalue weighted by Gasteiger charge is 2.14. The molecule has 0 saturated heterocycles. The van der Waals surface area contributed by atoms with Gasteiger partial charge >= 0.3 is 11.9 Å². The molecule has 0 aliphatic heterocycles. The van der Waals surface area contributed by atoms with E-state index >= 15 is 0 Å². The first-order valence-corrected chi connectivity index (χ1v) is 15.0. The van der Waals surface area contributed by atoms with Crippen molar-refractivity contribution in [2.45, 2.75) is 13.8 Å². The molecule has 258 valence electrons. The van der Waals surface area contributed by atoms with Crippen molar-refractivity contribution in [3.8, 4) is 0 Å². The maximum absolute atomic E-state index is 4.33. The average molecular weight is 706 g/mol. The van der Waals surface area contributed by atoms with Crippen LogP contribution in [0.4, 0.5) is 11.9 Å². The van der Waals surface area contributed by atoms with Crippen LogP contribution < -0.4 is 44.9 Å². The quantitative estimate of drug-likeness (QED) is 0.0643. The molecule has 0 amide bonds. The van der Waals surface area contributed by atoms with Gasteiger partial charge in [-0.15, -0.1) is 20.4 Å². The molecule has 0 N–H and O–H groups in total. The number of hydrogen-bond acceptors (Lipinski definition) is 6. The fraction of sp³-hybridized carbons (Fsp3) is 0.273. The van der Waals surface area contributed by atoms with Gasteiger partial charge in [0.15, 0.2) is 16.8 Å². The van der Waals surface area contributed by atoms with Gasteiger partial charge in [-0.05, 0) is 29.4 Å². The average Bonchev–Trinajstić information content (AvgIpc) is 3.57. The molecule has 0 unspecified atom stereocenters. The fourth-order valence-corrected chi connectivity index (χ4v) is 4.05. The first-order valence-electron chi connectivity index (χ1n) is 15.0. The van der Waals surface area contributed by atoms with E-state index in [4.69, 9.17) is 0 Å². The molecule has 4 aromatic heterocycles. The Morgan fingerprint density at radius 1 is 0.571 bits per heavy atom. The van der Waals surface area contributed by atoms with E-state index in [-0.39, 0.29) is 30.7 Å². The molecule has 0 aliphatic rings. The first-order chi connectivity index (χ1) is 22.6. The minimum Gasteiger partial charge on any atom is -1.00 e. The van der Waals surface area contributed by atoms with Gasteiger partial charge in [0.05, 0.1) is 53.0 Å². The van der Waals surface area contributed by atoms with Crippen molar-refractivity contribution in [2.75, 3.05) is 0 Å². The number of imidazole rings is 2. The third-order valence-corrected chi connectivity index (χ3v) is 6.87. The zero-order valence-corrected chi connectivity index (χ0v) is 30.4. The topological polar surface area (TPSA) is 126 Å². The second-order valence-electron chi connectivity index (χ2n) is 11.0. The number of aryl methyl sites for hydroxylation is 6. The van der Waals surface area contributed by atoms with Crippen LogP contribution in [-0.2, 0) is 42.3 Å². The molecule has 5 aromatic rings. The van der Waals surface area contributed by atoms with Gasteiger partial charge in [-0.3, -0.25) is 0 Å². The molecule has 0 saturated carbocycles. The van der Waals surface area contributed by atoms with Gasteiger partial charge in [0.25, 0.3) is 0 Å². The molecular formula is C33H42Cl2N14. The third kappa shape index (κ3) is 11.4. The molecule has 1 aromatic carbocycles. The number of nitrogens with zero attached hydrogens (tertiary/aromatic N) is 14. The van der Waals surface area contributed by atoms with E-state index in [9.17, 15) is 0 Å². The lowest BCUT2D eigenvalue weighted by atomic mass is 10.2. The molecule has 5 rings (SSSR count). The van der Waals surface area contributed by atoms with E-state index in [1.165, 1.54) is 0 Å². The van der Waals surface area contributed by atoms with Crippen LogP contribution in [0.3, 0.4) is 0 Å². The monoisotopic (exact) mass is 704 g/mol. The van der Waals surface area contributed by atoms with Crippen molar-refractivity contribution >= 4 is 23.6 Å². The number of rotatable bonds is 6. The summed E-state index contributed by atoms with van der Waals surface area (Å²) in [5.41, 5.74) is 2.35. The SMILES string of the molecule is CC(C)C(N=Nc1n(C)cc[n+]1C)=NN=c1ccccn1C.Cn1cc[n+](C)c1N=NC(=NN=c1ccccn1C)c1ccccc1.[Cl-].[Cl-]. The van der Waals surface area contributed by atoms with Crippen LogP contribution in [0.5, 0.6) is 0 Å². The Kier molecular flexibility index (Phi) is 15.8. The minimum absolute atomic E-state index is 0. The van der Waals surface area contributed by atoms with Crippen LogP contribution in [0, 0.1) is 5.92 Å². The highest BCUT2D eigenvalue weighted by atomic mass is 35.5. The summed E-state index contributed by atoms with van der Waals surface area (Å²) in [6.07, 6.45) is 11.5. The summed E-state index contributed by atoms with van der Waals surface area (Å²) in [6.45, 7) is 4.03. The van der Waals surface area contributed by atoms with E-state index in [1.807, 2.05) is 187 Å². The van der Waals surface area contributed by atoms with Crippen LogP contribution in [0.2, 0.25) is 0 Å². The van der Waals surface area contributed by atoms with E-state index in [0.717, 1.165) is 22.5 Å². The summed E-state index contributed by atoms with van der Waals surface area (Å²) in [4.78, 5) is 0. The molecule has 0 spiro atoms. The van der Waals surface area contributed by atoms with Crippen molar-refractivity contribution in [3.63, 3.8) is 0 Å². The van der Waals surface area contributed by atoms with Crippen molar-refractivity contribution < 1.29 is 33.9 Å². The number of pyridine rings is 2. The highest BCUT2D eigenvalue weighted by molar-refractivity contribution is 5.99. The van der Waals surface area contributed by atoms with E-state index in [2.05, 4.69) is 40.9 Å². The van der Waals surface area contributed by atoms with Gasteiger partial charge in [0.2, 0.25) is 5.84 Å². The molecule has 0 atom stereocenters. The molecular weight excluding hydrogens is 663 g/mol.